The van der Waals surface area contributed by atoms with Crippen LogP contribution in [0.25, 0.3) is 0 Å². The number of fused-ring (bicyclic) bond motifs is 1. The van der Waals surface area contributed by atoms with E-state index in [1.165, 1.54) is 30.0 Å². The minimum atomic E-state index is -0.257. The lowest BCUT2D eigenvalue weighted by atomic mass is 10.0. The van der Waals surface area contributed by atoms with Gasteiger partial charge in [0.15, 0.2) is 0 Å². The van der Waals surface area contributed by atoms with Crippen LogP contribution in [0.15, 0.2) is 41.7 Å². The van der Waals surface area contributed by atoms with Crippen LogP contribution in [-0.2, 0) is 22.4 Å². The molecule has 1 aliphatic heterocycles. The second-order valence-electron chi connectivity index (χ2n) is 5.34. The standard InChI is InChI=1S/C17H19N3O2S/c1-22-17(21)12-23-16-11-18-10-15(19-16)20-8-6-13-4-2-3-5-14(13)7-9-20/h2-5,10-11H,6-9,12H2,1H3. The van der Waals surface area contributed by atoms with E-state index in [-0.39, 0.29) is 11.7 Å². The van der Waals surface area contributed by atoms with Crippen molar-refractivity contribution in [2.75, 3.05) is 30.9 Å². The number of ether oxygens (including phenoxy) is 1. The second kappa shape index (κ2) is 7.46. The molecule has 0 bridgehead atoms. The highest BCUT2D eigenvalue weighted by Crippen LogP contribution is 2.22. The molecule has 2 aromatic rings. The summed E-state index contributed by atoms with van der Waals surface area (Å²) in [7, 11) is 1.39. The van der Waals surface area contributed by atoms with Crippen LogP contribution in [0, 0.1) is 0 Å². The summed E-state index contributed by atoms with van der Waals surface area (Å²) in [6.45, 7) is 1.85. The minimum Gasteiger partial charge on any atom is -0.468 e. The van der Waals surface area contributed by atoms with Crippen LogP contribution in [0.1, 0.15) is 11.1 Å². The first-order valence-corrected chi connectivity index (χ1v) is 8.58. The van der Waals surface area contributed by atoms with E-state index in [4.69, 9.17) is 0 Å². The van der Waals surface area contributed by atoms with E-state index in [2.05, 4.69) is 43.9 Å². The van der Waals surface area contributed by atoms with Gasteiger partial charge in [0.05, 0.1) is 25.3 Å². The third kappa shape index (κ3) is 4.01. The molecular weight excluding hydrogens is 310 g/mol. The Morgan fingerprint density at radius 3 is 2.57 bits per heavy atom. The van der Waals surface area contributed by atoms with Crippen LogP contribution < -0.4 is 4.90 Å². The Bertz CT molecular complexity index is 666. The van der Waals surface area contributed by atoms with E-state index in [0.29, 0.717) is 0 Å². The third-order valence-corrected chi connectivity index (χ3v) is 4.78. The fourth-order valence-electron chi connectivity index (χ4n) is 2.65. The molecule has 0 spiro atoms. The Kier molecular flexibility index (Phi) is 5.12. The summed E-state index contributed by atoms with van der Waals surface area (Å²) in [5.41, 5.74) is 2.83. The van der Waals surface area contributed by atoms with E-state index < -0.39 is 0 Å². The maximum Gasteiger partial charge on any atom is 0.316 e. The van der Waals surface area contributed by atoms with Crippen LogP contribution in [0.3, 0.4) is 0 Å². The highest BCUT2D eigenvalue weighted by molar-refractivity contribution is 7.99. The number of thioether (sulfide) groups is 1. The van der Waals surface area contributed by atoms with E-state index >= 15 is 0 Å². The number of anilines is 1. The fourth-order valence-corrected chi connectivity index (χ4v) is 3.33. The first-order chi connectivity index (χ1) is 11.3. The zero-order valence-electron chi connectivity index (χ0n) is 13.1. The summed E-state index contributed by atoms with van der Waals surface area (Å²) in [5.74, 6) is 0.861. The maximum atomic E-state index is 11.2. The Labute approximate surface area is 140 Å². The molecule has 23 heavy (non-hydrogen) atoms. The Morgan fingerprint density at radius 1 is 1.22 bits per heavy atom. The number of hydrogen-bond donors (Lipinski definition) is 0. The molecule has 0 fully saturated rings. The van der Waals surface area contributed by atoms with E-state index in [1.807, 2.05) is 0 Å². The number of aromatic nitrogens is 2. The molecule has 0 aliphatic carbocycles. The number of nitrogens with zero attached hydrogens (tertiary/aromatic N) is 3. The first-order valence-electron chi connectivity index (χ1n) is 7.59. The molecule has 1 aromatic carbocycles. The minimum absolute atomic E-state index is 0.250. The average molecular weight is 329 g/mol. The zero-order valence-corrected chi connectivity index (χ0v) is 13.9. The fraction of sp³-hybridized carbons (Fsp3) is 0.353. The number of benzene rings is 1. The highest BCUT2D eigenvalue weighted by atomic mass is 32.2. The smallest absolute Gasteiger partial charge is 0.316 e. The molecule has 0 saturated carbocycles. The number of rotatable bonds is 4. The SMILES string of the molecule is COC(=O)CSc1cncc(N2CCc3ccccc3CC2)n1. The topological polar surface area (TPSA) is 55.3 Å². The van der Waals surface area contributed by atoms with Gasteiger partial charge in [-0.25, -0.2) is 4.98 Å². The highest BCUT2D eigenvalue weighted by Gasteiger charge is 2.15. The van der Waals surface area contributed by atoms with Gasteiger partial charge in [-0.1, -0.05) is 36.0 Å². The van der Waals surface area contributed by atoms with Crippen molar-refractivity contribution in [3.05, 3.63) is 47.8 Å². The van der Waals surface area contributed by atoms with Crippen molar-refractivity contribution in [2.24, 2.45) is 0 Å². The molecule has 3 rings (SSSR count). The molecule has 0 unspecified atom stereocenters. The molecule has 0 atom stereocenters. The number of hydrogen-bond acceptors (Lipinski definition) is 6. The van der Waals surface area contributed by atoms with Gasteiger partial charge in [-0.3, -0.25) is 9.78 Å². The van der Waals surface area contributed by atoms with Crippen molar-refractivity contribution < 1.29 is 9.53 Å². The quantitative estimate of drug-likeness (QED) is 0.634. The molecule has 120 valence electrons. The average Bonchev–Trinajstić information content (AvgIpc) is 2.82. The molecule has 0 saturated heterocycles. The van der Waals surface area contributed by atoms with Crippen molar-refractivity contribution in [2.45, 2.75) is 17.9 Å². The van der Waals surface area contributed by atoms with Gasteiger partial charge in [-0.2, -0.15) is 0 Å². The first kappa shape index (κ1) is 15.8. The lowest BCUT2D eigenvalue weighted by Gasteiger charge is -2.21. The molecule has 2 heterocycles. The molecule has 5 nitrogen and oxygen atoms in total. The molecule has 0 amide bonds. The van der Waals surface area contributed by atoms with E-state index in [1.54, 1.807) is 12.4 Å². The maximum absolute atomic E-state index is 11.2. The number of carbonyl (C=O) groups is 1. The lowest BCUT2D eigenvalue weighted by Crippen LogP contribution is -2.27. The van der Waals surface area contributed by atoms with Gasteiger partial charge in [0.2, 0.25) is 0 Å². The summed E-state index contributed by atoms with van der Waals surface area (Å²) in [4.78, 5) is 22.4. The summed E-state index contributed by atoms with van der Waals surface area (Å²) < 4.78 is 4.65. The van der Waals surface area contributed by atoms with Crippen LogP contribution in [0.5, 0.6) is 0 Å². The normalized spacial score (nSPS) is 14.0. The van der Waals surface area contributed by atoms with Crippen LogP contribution >= 0.6 is 11.8 Å². The van der Waals surface area contributed by atoms with Crippen molar-refractivity contribution in [3.8, 4) is 0 Å². The molecule has 1 aromatic heterocycles. The van der Waals surface area contributed by atoms with Crippen molar-refractivity contribution in [1.29, 1.82) is 0 Å². The largest absolute Gasteiger partial charge is 0.468 e. The van der Waals surface area contributed by atoms with Crippen molar-refractivity contribution >= 4 is 23.5 Å². The molecular formula is C17H19N3O2S. The Hall–Kier alpha value is -2.08. The summed E-state index contributed by atoms with van der Waals surface area (Å²) >= 11 is 1.35. The number of carbonyl (C=O) groups excluding carboxylic acids is 1. The van der Waals surface area contributed by atoms with Crippen molar-refractivity contribution in [3.63, 3.8) is 0 Å². The summed E-state index contributed by atoms with van der Waals surface area (Å²) in [6.07, 6.45) is 5.50. The molecule has 0 N–H and O–H groups in total. The number of methoxy groups -OCH3 is 1. The summed E-state index contributed by atoms with van der Waals surface area (Å²) in [6, 6.07) is 8.59. The van der Waals surface area contributed by atoms with E-state index in [0.717, 1.165) is 36.8 Å². The molecule has 6 heteroatoms. The van der Waals surface area contributed by atoms with Crippen molar-refractivity contribution in [1.82, 2.24) is 9.97 Å². The van der Waals surface area contributed by atoms with Crippen LogP contribution in [0.2, 0.25) is 0 Å². The number of esters is 1. The van der Waals surface area contributed by atoms with Gasteiger partial charge in [0.25, 0.3) is 0 Å². The predicted molar refractivity (Wildman–Crippen MR) is 90.8 cm³/mol. The van der Waals surface area contributed by atoms with Crippen LogP contribution in [0.4, 0.5) is 5.82 Å². The predicted octanol–water partition coefficient (Wildman–Crippen LogP) is 2.35. The van der Waals surface area contributed by atoms with Gasteiger partial charge in [-0.15, -0.1) is 0 Å². The van der Waals surface area contributed by atoms with Gasteiger partial charge < -0.3 is 9.64 Å². The summed E-state index contributed by atoms with van der Waals surface area (Å²) in [5, 5.41) is 0.745. The third-order valence-electron chi connectivity index (χ3n) is 3.91. The van der Waals surface area contributed by atoms with E-state index in [9.17, 15) is 4.79 Å². The van der Waals surface area contributed by atoms with Crippen LogP contribution in [-0.4, -0.2) is 41.9 Å². The molecule has 0 radical (unpaired) electrons. The van der Waals surface area contributed by atoms with Gasteiger partial charge in [0.1, 0.15) is 10.8 Å². The molecule has 1 aliphatic rings. The Balaban J connectivity index is 1.69. The van der Waals surface area contributed by atoms with Gasteiger partial charge in [-0.05, 0) is 24.0 Å². The lowest BCUT2D eigenvalue weighted by molar-refractivity contribution is -0.137. The van der Waals surface area contributed by atoms with Gasteiger partial charge >= 0.3 is 5.97 Å². The second-order valence-corrected chi connectivity index (χ2v) is 6.33. The Morgan fingerprint density at radius 2 is 1.91 bits per heavy atom. The zero-order chi connectivity index (χ0) is 16.1. The van der Waals surface area contributed by atoms with Gasteiger partial charge in [0, 0.05) is 13.1 Å². The monoisotopic (exact) mass is 329 g/mol.